The predicted octanol–water partition coefficient (Wildman–Crippen LogP) is 2.80. The molecule has 0 bridgehead atoms. The van der Waals surface area contributed by atoms with Crippen LogP contribution >= 0.6 is 0 Å². The summed E-state index contributed by atoms with van der Waals surface area (Å²) in [7, 11) is 4.34. The highest BCUT2D eigenvalue weighted by molar-refractivity contribution is 5.38. The third kappa shape index (κ3) is 2.70. The van der Waals surface area contributed by atoms with Crippen molar-refractivity contribution in [2.45, 2.75) is 44.2 Å². The van der Waals surface area contributed by atoms with Crippen molar-refractivity contribution >= 4 is 0 Å². The number of aromatic hydroxyl groups is 1. The molecule has 3 nitrogen and oxygen atoms in total. The molecule has 0 radical (unpaired) electrons. The van der Waals surface area contributed by atoms with E-state index in [1.807, 2.05) is 12.1 Å². The fourth-order valence-electron chi connectivity index (χ4n) is 4.01. The lowest BCUT2D eigenvalue weighted by atomic mass is 9.86. The summed E-state index contributed by atoms with van der Waals surface area (Å²) in [5, 5.41) is 9.69. The molecule has 2 unspecified atom stereocenters. The largest absolute Gasteiger partial charge is 0.508 e. The van der Waals surface area contributed by atoms with E-state index in [9.17, 15) is 5.11 Å². The summed E-state index contributed by atoms with van der Waals surface area (Å²) in [6, 6.07) is 7.23. The summed E-state index contributed by atoms with van der Waals surface area (Å²) in [6.07, 6.45) is 6.27. The second kappa shape index (κ2) is 5.74. The highest BCUT2D eigenvalue weighted by atomic mass is 16.3. The fraction of sp³-hybridized carbons (Fsp3) is 0.647. The van der Waals surface area contributed by atoms with Gasteiger partial charge in [-0.05, 0) is 76.0 Å². The van der Waals surface area contributed by atoms with Gasteiger partial charge in [0.15, 0.2) is 0 Å². The Kier molecular flexibility index (Phi) is 3.99. The van der Waals surface area contributed by atoms with Crippen molar-refractivity contribution in [3.63, 3.8) is 0 Å². The van der Waals surface area contributed by atoms with Gasteiger partial charge in [0, 0.05) is 18.6 Å². The van der Waals surface area contributed by atoms with Crippen LogP contribution in [0.2, 0.25) is 0 Å². The van der Waals surface area contributed by atoms with Gasteiger partial charge in [-0.25, -0.2) is 0 Å². The first-order chi connectivity index (χ1) is 9.65. The number of fused-ring (bicyclic) bond motifs is 1. The predicted molar refractivity (Wildman–Crippen MR) is 82.1 cm³/mol. The van der Waals surface area contributed by atoms with Gasteiger partial charge in [0.2, 0.25) is 0 Å². The number of likely N-dealkylation sites (tertiary alicyclic amines) is 1. The summed E-state index contributed by atoms with van der Waals surface area (Å²) in [5.74, 6) is 0.413. The molecule has 0 amide bonds. The maximum Gasteiger partial charge on any atom is 0.115 e. The molecule has 1 aromatic rings. The van der Waals surface area contributed by atoms with E-state index in [1.165, 1.54) is 43.4 Å². The molecule has 3 rings (SSSR count). The lowest BCUT2D eigenvalue weighted by Gasteiger charge is -2.38. The van der Waals surface area contributed by atoms with Crippen molar-refractivity contribution in [2.75, 3.05) is 27.2 Å². The Balaban J connectivity index is 1.84. The maximum absolute atomic E-state index is 9.69. The van der Waals surface area contributed by atoms with E-state index in [1.54, 1.807) is 0 Å². The number of likely N-dealkylation sites (N-methyl/N-ethyl adjacent to an activating group) is 1. The van der Waals surface area contributed by atoms with Crippen molar-refractivity contribution in [3.05, 3.63) is 29.3 Å². The summed E-state index contributed by atoms with van der Waals surface area (Å²) in [6.45, 7) is 2.38. The van der Waals surface area contributed by atoms with Gasteiger partial charge in [0.05, 0.1) is 0 Å². The van der Waals surface area contributed by atoms with E-state index in [-0.39, 0.29) is 0 Å². The van der Waals surface area contributed by atoms with Crippen LogP contribution in [-0.2, 0) is 6.42 Å². The standard InChI is InChI=1S/C17H26N2O/c1-18(2)12-14-6-4-10-19(14)17-7-3-5-13-11-15(20)8-9-16(13)17/h8-9,11,14,17,20H,3-7,10,12H2,1-2H3. The monoisotopic (exact) mass is 274 g/mol. The van der Waals surface area contributed by atoms with Crippen LogP contribution in [0.3, 0.4) is 0 Å². The summed E-state index contributed by atoms with van der Waals surface area (Å²) < 4.78 is 0. The van der Waals surface area contributed by atoms with Gasteiger partial charge in [-0.3, -0.25) is 4.90 Å². The Bertz CT molecular complexity index is 472. The van der Waals surface area contributed by atoms with Gasteiger partial charge < -0.3 is 10.0 Å². The molecule has 0 aromatic heterocycles. The normalized spacial score (nSPS) is 26.9. The smallest absolute Gasteiger partial charge is 0.115 e. The molecule has 0 spiro atoms. The molecule has 1 aliphatic heterocycles. The maximum atomic E-state index is 9.69. The minimum Gasteiger partial charge on any atom is -0.508 e. The lowest BCUT2D eigenvalue weighted by Crippen LogP contribution is -2.40. The van der Waals surface area contributed by atoms with E-state index in [4.69, 9.17) is 0 Å². The zero-order chi connectivity index (χ0) is 14.1. The van der Waals surface area contributed by atoms with Crippen LogP contribution in [0.4, 0.5) is 0 Å². The molecule has 0 saturated carbocycles. The number of hydrogen-bond donors (Lipinski definition) is 1. The summed E-state index contributed by atoms with van der Waals surface area (Å²) >= 11 is 0. The van der Waals surface area contributed by atoms with E-state index >= 15 is 0 Å². The summed E-state index contributed by atoms with van der Waals surface area (Å²) in [5.41, 5.74) is 2.82. The van der Waals surface area contributed by atoms with Gasteiger partial charge in [0.1, 0.15) is 5.75 Å². The Labute approximate surface area is 122 Å². The molecule has 1 aliphatic carbocycles. The average molecular weight is 274 g/mol. The lowest BCUT2D eigenvalue weighted by molar-refractivity contribution is 0.139. The van der Waals surface area contributed by atoms with Crippen LogP contribution in [-0.4, -0.2) is 48.1 Å². The number of nitrogens with zero attached hydrogens (tertiary/aromatic N) is 2. The second-order valence-corrected chi connectivity index (χ2v) is 6.59. The molecule has 1 saturated heterocycles. The SMILES string of the molecule is CN(C)CC1CCCN1C1CCCc2cc(O)ccc21. The van der Waals surface area contributed by atoms with Gasteiger partial charge >= 0.3 is 0 Å². The van der Waals surface area contributed by atoms with E-state index in [0.29, 0.717) is 17.8 Å². The third-order valence-corrected chi connectivity index (χ3v) is 4.81. The molecule has 20 heavy (non-hydrogen) atoms. The molecule has 1 heterocycles. The average Bonchev–Trinajstić information content (AvgIpc) is 2.84. The fourth-order valence-corrected chi connectivity index (χ4v) is 4.01. The van der Waals surface area contributed by atoms with Crippen LogP contribution in [0.1, 0.15) is 42.9 Å². The van der Waals surface area contributed by atoms with Crippen molar-refractivity contribution < 1.29 is 5.11 Å². The molecular weight excluding hydrogens is 248 g/mol. The Morgan fingerprint density at radius 1 is 1.25 bits per heavy atom. The molecule has 2 aliphatic rings. The van der Waals surface area contributed by atoms with Crippen molar-refractivity contribution in [3.8, 4) is 5.75 Å². The third-order valence-electron chi connectivity index (χ3n) is 4.81. The van der Waals surface area contributed by atoms with Gasteiger partial charge in [-0.2, -0.15) is 0 Å². The quantitative estimate of drug-likeness (QED) is 0.918. The van der Waals surface area contributed by atoms with Crippen molar-refractivity contribution in [2.24, 2.45) is 0 Å². The minimum absolute atomic E-state index is 0.413. The molecular formula is C17H26N2O. The zero-order valence-corrected chi connectivity index (χ0v) is 12.7. The van der Waals surface area contributed by atoms with Crippen LogP contribution < -0.4 is 0 Å². The van der Waals surface area contributed by atoms with E-state index in [2.05, 4.69) is 30.0 Å². The zero-order valence-electron chi connectivity index (χ0n) is 12.7. The molecule has 1 N–H and O–H groups in total. The Morgan fingerprint density at radius 2 is 2.10 bits per heavy atom. The molecule has 1 aromatic carbocycles. The first kappa shape index (κ1) is 13.9. The number of phenols is 1. The first-order valence-corrected chi connectivity index (χ1v) is 7.87. The number of hydrogen-bond acceptors (Lipinski definition) is 3. The van der Waals surface area contributed by atoms with E-state index in [0.717, 1.165) is 13.0 Å². The number of benzene rings is 1. The minimum atomic E-state index is 0.413. The number of phenolic OH excluding ortho intramolecular Hbond substituents is 1. The van der Waals surface area contributed by atoms with Crippen molar-refractivity contribution in [1.82, 2.24) is 9.80 Å². The van der Waals surface area contributed by atoms with Crippen LogP contribution in [0, 0.1) is 0 Å². The molecule has 3 heteroatoms. The molecule has 2 atom stereocenters. The number of rotatable bonds is 3. The Hall–Kier alpha value is -1.06. The van der Waals surface area contributed by atoms with Crippen molar-refractivity contribution in [1.29, 1.82) is 0 Å². The Morgan fingerprint density at radius 3 is 2.90 bits per heavy atom. The molecule has 1 fully saturated rings. The summed E-state index contributed by atoms with van der Waals surface area (Å²) in [4.78, 5) is 5.03. The van der Waals surface area contributed by atoms with Crippen LogP contribution in [0.5, 0.6) is 5.75 Å². The number of aryl methyl sites for hydroxylation is 1. The van der Waals surface area contributed by atoms with Gasteiger partial charge in [0.25, 0.3) is 0 Å². The van der Waals surface area contributed by atoms with Gasteiger partial charge in [-0.15, -0.1) is 0 Å². The first-order valence-electron chi connectivity index (χ1n) is 7.87. The van der Waals surface area contributed by atoms with Crippen LogP contribution in [0.15, 0.2) is 18.2 Å². The topological polar surface area (TPSA) is 26.7 Å². The van der Waals surface area contributed by atoms with Crippen LogP contribution in [0.25, 0.3) is 0 Å². The van der Waals surface area contributed by atoms with E-state index < -0.39 is 0 Å². The molecule has 110 valence electrons. The van der Waals surface area contributed by atoms with Gasteiger partial charge in [-0.1, -0.05) is 6.07 Å². The highest BCUT2D eigenvalue weighted by Crippen LogP contribution is 2.39. The second-order valence-electron chi connectivity index (χ2n) is 6.59. The highest BCUT2D eigenvalue weighted by Gasteiger charge is 2.34.